The van der Waals surface area contributed by atoms with Gasteiger partial charge in [0.05, 0.1) is 11.0 Å². The van der Waals surface area contributed by atoms with E-state index in [1.165, 1.54) is 90.1 Å². The van der Waals surface area contributed by atoms with E-state index in [-0.39, 0.29) is 0 Å². The highest BCUT2D eigenvalue weighted by molar-refractivity contribution is 7.26. The number of fused-ring (bicyclic) bond motifs is 9. The minimum Gasteiger partial charge on any atom is -0.310 e. The summed E-state index contributed by atoms with van der Waals surface area (Å²) in [4.78, 5) is 2.40. The summed E-state index contributed by atoms with van der Waals surface area (Å²) in [5.41, 5.74) is 11.8. The fraction of sp³-hybridized carbons (Fsp3) is 0. The first kappa shape index (κ1) is 33.2. The Hall–Kier alpha value is -6.98. The molecule has 0 aliphatic rings. The third-order valence-corrected chi connectivity index (χ3v) is 14.0. The topological polar surface area (TPSA) is 8.17 Å². The van der Waals surface area contributed by atoms with Gasteiger partial charge in [0.25, 0.3) is 0 Å². The number of anilines is 3. The molecule has 2 nitrogen and oxygen atoms in total. The number of benzene rings is 9. The van der Waals surface area contributed by atoms with Crippen molar-refractivity contribution in [3.05, 3.63) is 206 Å². The Balaban J connectivity index is 0.968. The predicted octanol–water partition coefficient (Wildman–Crippen LogP) is 16.3. The third kappa shape index (κ3) is 5.30. The summed E-state index contributed by atoms with van der Waals surface area (Å²) in [6, 6.07) is 75.6. The molecule has 4 heteroatoms. The van der Waals surface area contributed by atoms with Gasteiger partial charge in [-0.25, -0.2) is 0 Å². The number of hydrogen-bond donors (Lipinski definition) is 0. The molecule has 0 aliphatic heterocycles. The van der Waals surface area contributed by atoms with Crippen molar-refractivity contribution in [2.24, 2.45) is 0 Å². The quantitative estimate of drug-likeness (QED) is 0.163. The third-order valence-electron chi connectivity index (χ3n) is 11.6. The molecule has 3 heterocycles. The number of thiophene rings is 2. The zero-order chi connectivity index (χ0) is 38.2. The first-order valence-corrected chi connectivity index (χ1v) is 21.3. The number of hydrogen-bond acceptors (Lipinski definition) is 3. The van der Waals surface area contributed by atoms with E-state index in [0.717, 1.165) is 17.1 Å². The van der Waals surface area contributed by atoms with Crippen LogP contribution in [-0.2, 0) is 0 Å². The standard InChI is InChI=1S/C54H34N2S2/c1-2-11-38(12-3-1)56-49-18-7-4-13-43(49)44-31-25-37(33-50(44)56)35-21-26-39(27-22-35)55(41-30-32-47-45-14-5-8-19-51(45)57-53(47)34-41)40-28-23-36(24-29-40)42-16-10-17-48-46-15-6-9-20-52(46)58-54(42)48/h1-34H. The fourth-order valence-electron chi connectivity index (χ4n) is 8.87. The van der Waals surface area contributed by atoms with Crippen molar-refractivity contribution in [3.8, 4) is 27.9 Å². The van der Waals surface area contributed by atoms with Crippen LogP contribution in [0.4, 0.5) is 17.1 Å². The van der Waals surface area contributed by atoms with Gasteiger partial charge in [0.15, 0.2) is 0 Å². The summed E-state index contributed by atoms with van der Waals surface area (Å²) in [6.45, 7) is 0. The van der Waals surface area contributed by atoms with Crippen LogP contribution in [0.15, 0.2) is 206 Å². The van der Waals surface area contributed by atoms with E-state index < -0.39 is 0 Å². The molecule has 0 atom stereocenters. The molecular weight excluding hydrogens is 741 g/mol. The molecule has 12 rings (SSSR count). The van der Waals surface area contributed by atoms with E-state index in [1.807, 2.05) is 22.7 Å². The Bertz CT molecular complexity index is 3500. The lowest BCUT2D eigenvalue weighted by Gasteiger charge is -2.26. The summed E-state index contributed by atoms with van der Waals surface area (Å²) in [5, 5.41) is 7.78. The zero-order valence-corrected chi connectivity index (χ0v) is 33.0. The monoisotopic (exact) mass is 774 g/mol. The van der Waals surface area contributed by atoms with Crippen molar-refractivity contribution in [1.29, 1.82) is 0 Å². The van der Waals surface area contributed by atoms with Crippen molar-refractivity contribution in [2.45, 2.75) is 0 Å². The number of aromatic nitrogens is 1. The molecule has 0 saturated heterocycles. The lowest BCUT2D eigenvalue weighted by molar-refractivity contribution is 1.18. The molecule has 0 bridgehead atoms. The van der Waals surface area contributed by atoms with Crippen molar-refractivity contribution >= 4 is 102 Å². The smallest absolute Gasteiger partial charge is 0.0547 e. The highest BCUT2D eigenvalue weighted by atomic mass is 32.1. The molecule has 0 fully saturated rings. The van der Waals surface area contributed by atoms with Gasteiger partial charge >= 0.3 is 0 Å². The van der Waals surface area contributed by atoms with Gasteiger partial charge < -0.3 is 9.47 Å². The number of para-hydroxylation sites is 2. The molecule has 3 aromatic heterocycles. The molecule has 0 unspecified atom stereocenters. The molecule has 272 valence electrons. The second-order valence-electron chi connectivity index (χ2n) is 14.9. The SMILES string of the molecule is c1ccc(-n2c3ccccc3c3ccc(-c4ccc(N(c5ccc(-c6cccc7c6sc6ccccc67)cc5)c5ccc6c(c5)sc5ccccc56)cc4)cc32)cc1. The average molecular weight is 775 g/mol. The molecule has 12 aromatic rings. The Morgan fingerprint density at radius 1 is 0.328 bits per heavy atom. The van der Waals surface area contributed by atoms with Gasteiger partial charge in [-0.1, -0.05) is 133 Å². The fourth-order valence-corrected chi connectivity index (χ4v) is 11.3. The van der Waals surface area contributed by atoms with Crippen LogP contribution in [0.3, 0.4) is 0 Å². The van der Waals surface area contributed by atoms with Crippen molar-refractivity contribution in [2.75, 3.05) is 4.90 Å². The van der Waals surface area contributed by atoms with Gasteiger partial charge in [-0.15, -0.1) is 22.7 Å². The molecule has 9 aromatic carbocycles. The summed E-state index contributed by atoms with van der Waals surface area (Å²) in [7, 11) is 0. The largest absolute Gasteiger partial charge is 0.310 e. The Morgan fingerprint density at radius 2 is 0.879 bits per heavy atom. The van der Waals surface area contributed by atoms with E-state index in [2.05, 4.69) is 216 Å². The first-order valence-electron chi connectivity index (χ1n) is 19.7. The van der Waals surface area contributed by atoms with Crippen LogP contribution in [0.5, 0.6) is 0 Å². The highest BCUT2D eigenvalue weighted by Gasteiger charge is 2.18. The summed E-state index contributed by atoms with van der Waals surface area (Å²) in [5.74, 6) is 0. The maximum Gasteiger partial charge on any atom is 0.0547 e. The van der Waals surface area contributed by atoms with Gasteiger partial charge in [0.2, 0.25) is 0 Å². The van der Waals surface area contributed by atoms with Crippen molar-refractivity contribution in [3.63, 3.8) is 0 Å². The molecule has 0 radical (unpaired) electrons. The molecule has 0 saturated carbocycles. The number of nitrogens with zero attached hydrogens (tertiary/aromatic N) is 2. The maximum absolute atomic E-state index is 2.40. The highest BCUT2D eigenvalue weighted by Crippen LogP contribution is 2.44. The van der Waals surface area contributed by atoms with E-state index in [0.29, 0.717) is 0 Å². The van der Waals surface area contributed by atoms with Crippen LogP contribution in [0.2, 0.25) is 0 Å². The summed E-state index contributed by atoms with van der Waals surface area (Å²) < 4.78 is 7.65. The second-order valence-corrected chi connectivity index (χ2v) is 17.0. The van der Waals surface area contributed by atoms with Crippen LogP contribution < -0.4 is 4.90 Å². The van der Waals surface area contributed by atoms with E-state index in [4.69, 9.17) is 0 Å². The minimum atomic E-state index is 1.11. The van der Waals surface area contributed by atoms with Gasteiger partial charge in [-0.05, 0) is 95.1 Å². The summed E-state index contributed by atoms with van der Waals surface area (Å²) >= 11 is 3.74. The van der Waals surface area contributed by atoms with Gasteiger partial charge in [-0.3, -0.25) is 0 Å². The van der Waals surface area contributed by atoms with E-state index in [1.54, 1.807) is 0 Å². The van der Waals surface area contributed by atoms with Crippen LogP contribution in [-0.4, -0.2) is 4.57 Å². The second kappa shape index (κ2) is 13.3. The molecule has 0 spiro atoms. The molecular formula is C54H34N2S2. The molecule has 0 N–H and O–H groups in total. The van der Waals surface area contributed by atoms with Crippen molar-refractivity contribution in [1.82, 2.24) is 4.57 Å². The van der Waals surface area contributed by atoms with E-state index >= 15 is 0 Å². The minimum absolute atomic E-state index is 1.11. The van der Waals surface area contributed by atoms with Crippen LogP contribution in [0.1, 0.15) is 0 Å². The van der Waals surface area contributed by atoms with Crippen LogP contribution in [0, 0.1) is 0 Å². The zero-order valence-electron chi connectivity index (χ0n) is 31.3. The molecule has 0 aliphatic carbocycles. The first-order chi connectivity index (χ1) is 28.7. The Kier molecular flexibility index (Phi) is 7.62. The predicted molar refractivity (Wildman–Crippen MR) is 252 cm³/mol. The van der Waals surface area contributed by atoms with Crippen LogP contribution in [0.25, 0.3) is 90.1 Å². The van der Waals surface area contributed by atoms with Gasteiger partial charge in [0.1, 0.15) is 0 Å². The normalized spacial score (nSPS) is 11.8. The lowest BCUT2D eigenvalue weighted by Crippen LogP contribution is -2.09. The molecule has 58 heavy (non-hydrogen) atoms. The van der Waals surface area contributed by atoms with E-state index in [9.17, 15) is 0 Å². The lowest BCUT2D eigenvalue weighted by atomic mass is 10.0. The maximum atomic E-state index is 2.40. The average Bonchev–Trinajstić information content (AvgIpc) is 3.96. The van der Waals surface area contributed by atoms with Gasteiger partial charge in [0, 0.05) is 73.9 Å². The Labute approximate surface area is 343 Å². The summed E-state index contributed by atoms with van der Waals surface area (Å²) in [6.07, 6.45) is 0. The Morgan fingerprint density at radius 3 is 1.66 bits per heavy atom. The number of rotatable bonds is 6. The van der Waals surface area contributed by atoms with Crippen molar-refractivity contribution < 1.29 is 0 Å². The molecule has 0 amide bonds. The van der Waals surface area contributed by atoms with Crippen LogP contribution >= 0.6 is 22.7 Å². The van der Waals surface area contributed by atoms with Gasteiger partial charge in [-0.2, -0.15) is 0 Å².